The molecule has 4 heteroatoms. The Morgan fingerprint density at radius 2 is 2.17 bits per heavy atom. The predicted octanol–water partition coefficient (Wildman–Crippen LogP) is -0.558. The fraction of sp³-hybridized carbons (Fsp3) is 0.750. The van der Waals surface area contributed by atoms with Crippen LogP contribution in [0.4, 0.5) is 0 Å². The minimum Gasteiger partial charge on any atom is -0.343 e. The molecule has 1 heterocycles. The number of carbonyl (C=O) groups is 2. The highest BCUT2D eigenvalue weighted by Gasteiger charge is 2.35. The normalized spacial score (nSPS) is 27.9. The van der Waals surface area contributed by atoms with Crippen molar-refractivity contribution in [2.75, 3.05) is 6.54 Å². The SMILES string of the molecule is CC(=O)C1CNC(C)(C)C(=O)N1. The van der Waals surface area contributed by atoms with E-state index in [2.05, 4.69) is 10.6 Å². The van der Waals surface area contributed by atoms with Crippen LogP contribution in [0.1, 0.15) is 20.8 Å². The molecule has 68 valence electrons. The van der Waals surface area contributed by atoms with Gasteiger partial charge in [0.1, 0.15) is 0 Å². The standard InChI is InChI=1S/C8H14N2O2/c1-5(11)6-4-9-8(2,3)7(12)10-6/h6,9H,4H2,1-3H3,(H,10,12). The molecule has 1 fully saturated rings. The van der Waals surface area contributed by atoms with Crippen LogP contribution in [-0.2, 0) is 9.59 Å². The van der Waals surface area contributed by atoms with Gasteiger partial charge in [0, 0.05) is 6.54 Å². The Bertz CT molecular complexity index is 223. The quantitative estimate of drug-likeness (QED) is 0.554. The van der Waals surface area contributed by atoms with Gasteiger partial charge in [-0.05, 0) is 20.8 Å². The Morgan fingerprint density at radius 1 is 1.58 bits per heavy atom. The van der Waals surface area contributed by atoms with E-state index in [1.165, 1.54) is 6.92 Å². The van der Waals surface area contributed by atoms with E-state index in [1.807, 2.05) is 0 Å². The molecular formula is C8H14N2O2. The summed E-state index contributed by atoms with van der Waals surface area (Å²) in [6.45, 7) is 5.58. The molecule has 0 bridgehead atoms. The van der Waals surface area contributed by atoms with Crippen LogP contribution in [0.15, 0.2) is 0 Å². The van der Waals surface area contributed by atoms with E-state index < -0.39 is 5.54 Å². The highest BCUT2D eigenvalue weighted by Crippen LogP contribution is 2.07. The maximum Gasteiger partial charge on any atom is 0.240 e. The predicted molar refractivity (Wildman–Crippen MR) is 44.7 cm³/mol. The highest BCUT2D eigenvalue weighted by atomic mass is 16.2. The first-order chi connectivity index (χ1) is 5.43. The molecule has 1 atom stereocenters. The Hall–Kier alpha value is -0.900. The maximum absolute atomic E-state index is 11.3. The summed E-state index contributed by atoms with van der Waals surface area (Å²) < 4.78 is 0. The Kier molecular flexibility index (Phi) is 2.19. The van der Waals surface area contributed by atoms with Crippen molar-refractivity contribution in [2.24, 2.45) is 0 Å². The van der Waals surface area contributed by atoms with Gasteiger partial charge in [-0.15, -0.1) is 0 Å². The van der Waals surface area contributed by atoms with Crippen LogP contribution in [0, 0.1) is 0 Å². The molecule has 0 aromatic carbocycles. The van der Waals surface area contributed by atoms with Crippen LogP contribution in [0.2, 0.25) is 0 Å². The lowest BCUT2D eigenvalue weighted by Crippen LogP contribution is -2.65. The van der Waals surface area contributed by atoms with Gasteiger partial charge in [-0.1, -0.05) is 0 Å². The number of piperazine rings is 1. The molecule has 0 aliphatic carbocycles. The second kappa shape index (κ2) is 2.86. The van der Waals surface area contributed by atoms with E-state index >= 15 is 0 Å². The first-order valence-electron chi connectivity index (χ1n) is 4.00. The van der Waals surface area contributed by atoms with Crippen molar-refractivity contribution >= 4 is 11.7 Å². The molecule has 2 N–H and O–H groups in total. The van der Waals surface area contributed by atoms with Crippen LogP contribution >= 0.6 is 0 Å². The summed E-state index contributed by atoms with van der Waals surface area (Å²) in [5.74, 6) is -0.125. The fourth-order valence-electron chi connectivity index (χ4n) is 1.07. The largest absolute Gasteiger partial charge is 0.343 e. The van der Waals surface area contributed by atoms with E-state index in [0.29, 0.717) is 6.54 Å². The van der Waals surface area contributed by atoms with Gasteiger partial charge in [0.15, 0.2) is 5.78 Å². The van der Waals surface area contributed by atoms with Gasteiger partial charge in [0.25, 0.3) is 0 Å². The zero-order valence-electron chi connectivity index (χ0n) is 7.60. The van der Waals surface area contributed by atoms with Crippen molar-refractivity contribution in [3.05, 3.63) is 0 Å². The zero-order chi connectivity index (χ0) is 9.35. The van der Waals surface area contributed by atoms with Crippen LogP contribution in [-0.4, -0.2) is 29.8 Å². The summed E-state index contributed by atoms with van der Waals surface area (Å²) in [6, 6.07) is -0.356. The van der Waals surface area contributed by atoms with Crippen molar-refractivity contribution in [1.82, 2.24) is 10.6 Å². The zero-order valence-corrected chi connectivity index (χ0v) is 7.60. The molecule has 1 unspecified atom stereocenters. The highest BCUT2D eigenvalue weighted by molar-refractivity contribution is 5.93. The Balaban J connectivity index is 2.64. The van der Waals surface area contributed by atoms with Crippen LogP contribution < -0.4 is 10.6 Å². The molecule has 1 amide bonds. The fourth-order valence-corrected chi connectivity index (χ4v) is 1.07. The van der Waals surface area contributed by atoms with Crippen molar-refractivity contribution in [1.29, 1.82) is 0 Å². The van der Waals surface area contributed by atoms with Crippen molar-refractivity contribution in [3.63, 3.8) is 0 Å². The minimum atomic E-state index is -0.550. The monoisotopic (exact) mass is 170 g/mol. The van der Waals surface area contributed by atoms with Crippen molar-refractivity contribution < 1.29 is 9.59 Å². The molecule has 0 spiro atoms. The van der Waals surface area contributed by atoms with Gasteiger partial charge >= 0.3 is 0 Å². The first-order valence-corrected chi connectivity index (χ1v) is 4.00. The number of carbonyl (C=O) groups excluding carboxylic acids is 2. The van der Waals surface area contributed by atoms with Crippen LogP contribution in [0.5, 0.6) is 0 Å². The summed E-state index contributed by atoms with van der Waals surface area (Å²) in [5.41, 5.74) is -0.550. The number of hydrogen-bond donors (Lipinski definition) is 2. The molecule has 1 aliphatic heterocycles. The number of hydrogen-bond acceptors (Lipinski definition) is 3. The molecule has 0 aromatic heterocycles. The average molecular weight is 170 g/mol. The third-order valence-corrected chi connectivity index (χ3v) is 2.11. The van der Waals surface area contributed by atoms with Gasteiger partial charge in [-0.25, -0.2) is 0 Å². The molecule has 12 heavy (non-hydrogen) atoms. The summed E-state index contributed by atoms with van der Waals surface area (Å²) in [6.07, 6.45) is 0. The molecule has 0 saturated carbocycles. The molecule has 4 nitrogen and oxygen atoms in total. The maximum atomic E-state index is 11.3. The van der Waals surface area contributed by atoms with Gasteiger partial charge in [0.05, 0.1) is 11.6 Å². The first kappa shape index (κ1) is 9.19. The van der Waals surface area contributed by atoms with E-state index in [4.69, 9.17) is 0 Å². The van der Waals surface area contributed by atoms with E-state index in [1.54, 1.807) is 13.8 Å². The van der Waals surface area contributed by atoms with Crippen LogP contribution in [0.25, 0.3) is 0 Å². The second-order valence-corrected chi connectivity index (χ2v) is 3.64. The van der Waals surface area contributed by atoms with Gasteiger partial charge < -0.3 is 10.6 Å². The lowest BCUT2D eigenvalue weighted by Gasteiger charge is -2.34. The lowest BCUT2D eigenvalue weighted by molar-refractivity contribution is -0.133. The number of nitrogens with one attached hydrogen (secondary N) is 2. The Morgan fingerprint density at radius 3 is 2.58 bits per heavy atom. The number of ketones is 1. The van der Waals surface area contributed by atoms with Gasteiger partial charge in [-0.2, -0.15) is 0 Å². The van der Waals surface area contributed by atoms with Crippen LogP contribution in [0.3, 0.4) is 0 Å². The molecular weight excluding hydrogens is 156 g/mol. The third-order valence-electron chi connectivity index (χ3n) is 2.11. The molecule has 1 rings (SSSR count). The van der Waals surface area contributed by atoms with Gasteiger partial charge in [0.2, 0.25) is 5.91 Å². The molecule has 1 aliphatic rings. The second-order valence-electron chi connectivity index (χ2n) is 3.64. The topological polar surface area (TPSA) is 58.2 Å². The van der Waals surface area contributed by atoms with Crippen molar-refractivity contribution in [2.45, 2.75) is 32.4 Å². The number of rotatable bonds is 1. The average Bonchev–Trinajstić information content (AvgIpc) is 1.94. The van der Waals surface area contributed by atoms with Crippen molar-refractivity contribution in [3.8, 4) is 0 Å². The Labute approximate surface area is 71.7 Å². The lowest BCUT2D eigenvalue weighted by atomic mass is 9.99. The smallest absolute Gasteiger partial charge is 0.240 e. The summed E-state index contributed by atoms with van der Waals surface area (Å²) >= 11 is 0. The van der Waals surface area contributed by atoms with Gasteiger partial charge in [-0.3, -0.25) is 9.59 Å². The molecule has 0 aromatic rings. The summed E-state index contributed by atoms with van der Waals surface area (Å²) in [4.78, 5) is 22.2. The third kappa shape index (κ3) is 1.64. The molecule has 1 saturated heterocycles. The molecule has 0 radical (unpaired) electrons. The summed E-state index contributed by atoms with van der Waals surface area (Å²) in [7, 11) is 0. The minimum absolute atomic E-state index is 0.00801. The number of Topliss-reactive ketones (excluding diaryl/α,β-unsaturated/α-hetero) is 1. The van der Waals surface area contributed by atoms with E-state index in [-0.39, 0.29) is 17.7 Å². The summed E-state index contributed by atoms with van der Waals surface area (Å²) in [5, 5.41) is 5.66. The van der Waals surface area contributed by atoms with E-state index in [0.717, 1.165) is 0 Å². The van der Waals surface area contributed by atoms with E-state index in [9.17, 15) is 9.59 Å². The number of amides is 1.